The Balaban J connectivity index is 1.37. The average molecular weight is 435 g/mol. The highest BCUT2D eigenvalue weighted by Gasteiger charge is 2.29. The van der Waals surface area contributed by atoms with E-state index in [2.05, 4.69) is 24.7 Å². The highest BCUT2D eigenvalue weighted by atomic mass is 35.5. The molecular formula is C23H23ClN6O. The van der Waals surface area contributed by atoms with Gasteiger partial charge in [0.25, 0.3) is 0 Å². The normalized spacial score (nSPS) is 18.7. The molecule has 1 aliphatic carbocycles. The van der Waals surface area contributed by atoms with Crippen molar-refractivity contribution in [2.24, 2.45) is 0 Å². The number of pyridine rings is 1. The Labute approximate surface area is 185 Å². The molecule has 0 saturated heterocycles. The van der Waals surface area contributed by atoms with Crippen molar-refractivity contribution < 1.29 is 4.74 Å². The maximum absolute atomic E-state index is 6.13. The predicted molar refractivity (Wildman–Crippen MR) is 118 cm³/mol. The summed E-state index contributed by atoms with van der Waals surface area (Å²) in [5.74, 6) is 2.89. The van der Waals surface area contributed by atoms with Crippen molar-refractivity contribution in [2.75, 3.05) is 0 Å². The number of ether oxygens (including phenoxy) is 1. The first-order valence-corrected chi connectivity index (χ1v) is 10.9. The number of nitrogens with zero attached hydrogens (tertiary/aromatic N) is 6. The van der Waals surface area contributed by atoms with Gasteiger partial charge in [0.15, 0.2) is 5.82 Å². The van der Waals surface area contributed by atoms with Crippen molar-refractivity contribution in [1.29, 1.82) is 0 Å². The van der Waals surface area contributed by atoms with Crippen LogP contribution in [0, 0.1) is 0 Å². The average Bonchev–Trinajstić information content (AvgIpc) is 3.46. The maximum atomic E-state index is 6.13. The van der Waals surface area contributed by atoms with Crippen LogP contribution in [-0.2, 0) is 6.54 Å². The molecule has 0 amide bonds. The molecule has 0 aliphatic heterocycles. The van der Waals surface area contributed by atoms with E-state index in [1.807, 2.05) is 53.2 Å². The van der Waals surface area contributed by atoms with Crippen LogP contribution in [-0.4, -0.2) is 35.4 Å². The SMILES string of the molecule is Clc1ccc(-n2c(Cn3ccnc3)nnc2C2CCC(Oc3ccccn3)CC2)cc1. The Kier molecular flexibility index (Phi) is 5.67. The van der Waals surface area contributed by atoms with E-state index in [0.29, 0.717) is 23.4 Å². The Hall–Kier alpha value is -3.19. The number of hydrogen-bond donors (Lipinski definition) is 0. The predicted octanol–water partition coefficient (Wildman–Crippen LogP) is 4.67. The Bertz CT molecular complexity index is 1100. The monoisotopic (exact) mass is 434 g/mol. The molecule has 5 rings (SSSR count). The van der Waals surface area contributed by atoms with E-state index in [1.165, 1.54) is 0 Å². The second-order valence-electron chi connectivity index (χ2n) is 7.78. The number of imidazole rings is 1. The van der Waals surface area contributed by atoms with Gasteiger partial charge in [-0.2, -0.15) is 0 Å². The summed E-state index contributed by atoms with van der Waals surface area (Å²) < 4.78 is 10.2. The van der Waals surface area contributed by atoms with E-state index in [4.69, 9.17) is 16.3 Å². The zero-order chi connectivity index (χ0) is 21.0. The fraction of sp³-hybridized carbons (Fsp3) is 0.304. The van der Waals surface area contributed by atoms with Crippen molar-refractivity contribution >= 4 is 11.6 Å². The molecule has 7 nitrogen and oxygen atoms in total. The number of halogens is 1. The van der Waals surface area contributed by atoms with Crippen molar-refractivity contribution in [3.8, 4) is 11.6 Å². The number of aromatic nitrogens is 6. The largest absolute Gasteiger partial charge is 0.474 e. The van der Waals surface area contributed by atoms with Gasteiger partial charge in [0.2, 0.25) is 5.88 Å². The van der Waals surface area contributed by atoms with Crippen LogP contribution in [0.25, 0.3) is 5.69 Å². The minimum atomic E-state index is 0.184. The molecule has 31 heavy (non-hydrogen) atoms. The van der Waals surface area contributed by atoms with E-state index in [-0.39, 0.29) is 6.10 Å². The fourth-order valence-electron chi connectivity index (χ4n) is 4.14. The second kappa shape index (κ2) is 8.89. The van der Waals surface area contributed by atoms with Gasteiger partial charge in [0.1, 0.15) is 11.9 Å². The molecule has 1 fully saturated rings. The van der Waals surface area contributed by atoms with Crippen LogP contribution in [0.3, 0.4) is 0 Å². The van der Waals surface area contributed by atoms with E-state index in [0.717, 1.165) is 43.0 Å². The van der Waals surface area contributed by atoms with Crippen molar-refractivity contribution in [2.45, 2.75) is 44.2 Å². The summed E-state index contributed by atoms with van der Waals surface area (Å²) in [5.41, 5.74) is 1.02. The van der Waals surface area contributed by atoms with Crippen LogP contribution < -0.4 is 4.74 Å². The van der Waals surface area contributed by atoms with Gasteiger partial charge >= 0.3 is 0 Å². The van der Waals surface area contributed by atoms with Crippen LogP contribution in [0.4, 0.5) is 0 Å². The Morgan fingerprint density at radius 2 is 1.81 bits per heavy atom. The number of benzene rings is 1. The summed E-state index contributed by atoms with van der Waals surface area (Å²) in [5, 5.41) is 9.87. The highest BCUT2D eigenvalue weighted by Crippen LogP contribution is 2.35. The molecule has 1 saturated carbocycles. The number of hydrogen-bond acceptors (Lipinski definition) is 5. The van der Waals surface area contributed by atoms with Crippen LogP contribution in [0.1, 0.15) is 43.3 Å². The lowest BCUT2D eigenvalue weighted by Crippen LogP contribution is -2.25. The van der Waals surface area contributed by atoms with E-state index < -0.39 is 0 Å². The molecule has 3 heterocycles. The lowest BCUT2D eigenvalue weighted by molar-refractivity contribution is 0.139. The van der Waals surface area contributed by atoms with Gasteiger partial charge in [-0.25, -0.2) is 9.97 Å². The molecule has 0 unspecified atom stereocenters. The summed E-state index contributed by atoms with van der Waals surface area (Å²) in [7, 11) is 0. The third-order valence-corrected chi connectivity index (χ3v) is 5.94. The molecule has 4 aromatic rings. The lowest BCUT2D eigenvalue weighted by Gasteiger charge is -2.28. The van der Waals surface area contributed by atoms with Gasteiger partial charge in [0, 0.05) is 41.3 Å². The zero-order valence-corrected chi connectivity index (χ0v) is 17.8. The molecule has 1 aliphatic rings. The lowest BCUT2D eigenvalue weighted by atomic mass is 9.86. The first kappa shape index (κ1) is 19.8. The summed E-state index contributed by atoms with van der Waals surface area (Å²) in [6, 6.07) is 13.6. The van der Waals surface area contributed by atoms with E-state index >= 15 is 0 Å². The minimum absolute atomic E-state index is 0.184. The fourth-order valence-corrected chi connectivity index (χ4v) is 4.26. The third kappa shape index (κ3) is 4.46. The van der Waals surface area contributed by atoms with Gasteiger partial charge in [-0.1, -0.05) is 17.7 Å². The maximum Gasteiger partial charge on any atom is 0.213 e. The molecular weight excluding hydrogens is 412 g/mol. The third-order valence-electron chi connectivity index (χ3n) is 5.69. The smallest absolute Gasteiger partial charge is 0.213 e. The minimum Gasteiger partial charge on any atom is -0.474 e. The van der Waals surface area contributed by atoms with Crippen LogP contribution in [0.5, 0.6) is 5.88 Å². The van der Waals surface area contributed by atoms with Gasteiger partial charge in [-0.3, -0.25) is 4.57 Å². The molecule has 0 atom stereocenters. The molecule has 1 aromatic carbocycles. The standard InChI is InChI=1S/C23H23ClN6O/c24-18-6-8-19(9-7-18)30-21(15-29-14-13-25-16-29)27-28-23(30)17-4-10-20(11-5-17)31-22-3-1-2-12-26-22/h1-3,6-9,12-14,16-17,20H,4-5,10-11,15H2. The van der Waals surface area contributed by atoms with Crippen molar-refractivity contribution in [1.82, 2.24) is 29.3 Å². The van der Waals surface area contributed by atoms with Crippen LogP contribution >= 0.6 is 11.6 Å². The second-order valence-corrected chi connectivity index (χ2v) is 8.22. The first-order valence-electron chi connectivity index (χ1n) is 10.5. The quantitative estimate of drug-likeness (QED) is 0.441. The molecule has 0 N–H and O–H groups in total. The molecule has 3 aromatic heterocycles. The van der Waals surface area contributed by atoms with Gasteiger partial charge in [0.05, 0.1) is 12.9 Å². The Morgan fingerprint density at radius 3 is 2.52 bits per heavy atom. The summed E-state index contributed by atoms with van der Waals surface area (Å²) in [6.07, 6.45) is 11.4. The zero-order valence-electron chi connectivity index (χ0n) is 17.0. The first-order chi connectivity index (χ1) is 15.3. The Morgan fingerprint density at radius 1 is 0.968 bits per heavy atom. The summed E-state index contributed by atoms with van der Waals surface area (Å²) in [4.78, 5) is 8.42. The van der Waals surface area contributed by atoms with Crippen LogP contribution in [0.2, 0.25) is 5.02 Å². The number of rotatable bonds is 6. The van der Waals surface area contributed by atoms with E-state index in [1.54, 1.807) is 18.7 Å². The van der Waals surface area contributed by atoms with Crippen LogP contribution in [0.15, 0.2) is 67.4 Å². The van der Waals surface area contributed by atoms with Gasteiger partial charge in [-0.05, 0) is 56.0 Å². The molecule has 8 heteroatoms. The van der Waals surface area contributed by atoms with Gasteiger partial charge < -0.3 is 9.30 Å². The van der Waals surface area contributed by atoms with E-state index in [9.17, 15) is 0 Å². The summed E-state index contributed by atoms with van der Waals surface area (Å²) in [6.45, 7) is 0.605. The highest BCUT2D eigenvalue weighted by molar-refractivity contribution is 6.30. The van der Waals surface area contributed by atoms with Gasteiger partial charge in [-0.15, -0.1) is 10.2 Å². The topological polar surface area (TPSA) is 70.7 Å². The summed E-state index contributed by atoms with van der Waals surface area (Å²) >= 11 is 6.13. The molecule has 0 radical (unpaired) electrons. The van der Waals surface area contributed by atoms with Crippen molar-refractivity contribution in [3.63, 3.8) is 0 Å². The molecule has 0 bridgehead atoms. The van der Waals surface area contributed by atoms with Crippen molar-refractivity contribution in [3.05, 3.63) is 84.1 Å². The molecule has 158 valence electrons. The molecule has 0 spiro atoms.